The maximum Gasteiger partial charge on any atom is 0.243 e. The number of aliphatic imine (C=N–C) groups is 1. The minimum absolute atomic E-state index is 0.00279. The highest BCUT2D eigenvalue weighted by atomic mass is 35.5. The van der Waals surface area contributed by atoms with Crippen molar-refractivity contribution in [2.75, 3.05) is 41.3 Å². The van der Waals surface area contributed by atoms with Crippen LogP contribution in [0.4, 0.5) is 8.78 Å². The SMILES string of the molecule is COc1cc(C(C)(C)C2=CN=C(SCc3c(F)cc(S(=O)(=O)N4CC([N+](C)(C)C)C4)cc3Cl)CC(c3ccc(F)cc3)C2C)ccc1Cl. The highest BCUT2D eigenvalue weighted by molar-refractivity contribution is 8.13. The lowest BCUT2D eigenvalue weighted by Gasteiger charge is -2.45. The highest BCUT2D eigenvalue weighted by Crippen LogP contribution is 2.46. The molecule has 258 valence electrons. The second-order valence-electron chi connectivity index (χ2n) is 14.0. The molecule has 0 amide bonds. The molecular formula is C36H42Cl2F2N3O3S2+. The monoisotopic (exact) mass is 736 g/mol. The quantitative estimate of drug-likeness (QED) is 0.206. The Labute approximate surface area is 297 Å². The van der Waals surface area contributed by atoms with Gasteiger partial charge in [0.2, 0.25) is 10.0 Å². The van der Waals surface area contributed by atoms with Crippen LogP contribution in [0, 0.1) is 17.6 Å². The van der Waals surface area contributed by atoms with Gasteiger partial charge in [-0.05, 0) is 64.9 Å². The topological polar surface area (TPSA) is 59.0 Å². The number of rotatable bonds is 9. The first-order chi connectivity index (χ1) is 22.4. The molecule has 0 N–H and O–H groups in total. The number of quaternary nitrogens is 1. The molecule has 48 heavy (non-hydrogen) atoms. The number of hydrogen-bond acceptors (Lipinski definition) is 5. The molecule has 2 unspecified atom stereocenters. The molecule has 0 radical (unpaired) electrons. The van der Waals surface area contributed by atoms with Crippen molar-refractivity contribution >= 4 is 50.0 Å². The summed E-state index contributed by atoms with van der Waals surface area (Å²) in [6.45, 7) is 7.14. The summed E-state index contributed by atoms with van der Waals surface area (Å²) in [6, 6.07) is 14.8. The van der Waals surface area contributed by atoms with Crippen LogP contribution in [0.3, 0.4) is 0 Å². The number of ether oxygens (including phenoxy) is 1. The zero-order chi connectivity index (χ0) is 35.2. The van der Waals surface area contributed by atoms with Crippen LogP contribution in [0.5, 0.6) is 5.75 Å². The number of halogens is 4. The van der Waals surface area contributed by atoms with Crippen molar-refractivity contribution in [2.45, 2.75) is 55.2 Å². The van der Waals surface area contributed by atoms with E-state index in [1.54, 1.807) is 19.2 Å². The fourth-order valence-corrected chi connectivity index (χ4v) is 9.52. The average molecular weight is 738 g/mol. The number of nitrogens with zero attached hydrogens (tertiary/aromatic N) is 3. The van der Waals surface area contributed by atoms with E-state index in [2.05, 4.69) is 20.8 Å². The molecule has 0 aliphatic carbocycles. The fraction of sp³-hybridized carbons (Fsp3) is 0.417. The molecule has 3 aromatic carbocycles. The lowest BCUT2D eigenvalue weighted by atomic mass is 9.68. The molecule has 0 aromatic heterocycles. The van der Waals surface area contributed by atoms with Crippen molar-refractivity contribution in [3.8, 4) is 5.75 Å². The maximum absolute atomic E-state index is 15.6. The molecule has 6 nitrogen and oxygen atoms in total. The van der Waals surface area contributed by atoms with Crippen LogP contribution < -0.4 is 4.74 Å². The van der Waals surface area contributed by atoms with Gasteiger partial charge in [0.15, 0.2) is 0 Å². The third-order valence-corrected chi connectivity index (χ3v) is 13.3. The van der Waals surface area contributed by atoms with E-state index in [9.17, 15) is 12.8 Å². The van der Waals surface area contributed by atoms with E-state index in [1.807, 2.05) is 45.5 Å². The number of thioether (sulfide) groups is 1. The number of methoxy groups -OCH3 is 1. The van der Waals surface area contributed by atoms with Gasteiger partial charge in [0.25, 0.3) is 0 Å². The molecule has 2 atom stereocenters. The van der Waals surface area contributed by atoms with Gasteiger partial charge in [-0.2, -0.15) is 4.31 Å². The molecule has 3 aromatic rings. The summed E-state index contributed by atoms with van der Waals surface area (Å²) in [7, 11) is 3.77. The third-order valence-electron chi connectivity index (χ3n) is 9.79. The summed E-state index contributed by atoms with van der Waals surface area (Å²) < 4.78 is 63.6. The van der Waals surface area contributed by atoms with Crippen LogP contribution in [0.1, 0.15) is 49.8 Å². The third kappa shape index (κ3) is 7.49. The van der Waals surface area contributed by atoms with Gasteiger partial charge >= 0.3 is 0 Å². The summed E-state index contributed by atoms with van der Waals surface area (Å²) in [5, 5.41) is 1.33. The molecule has 2 heterocycles. The van der Waals surface area contributed by atoms with E-state index in [4.69, 9.17) is 32.9 Å². The molecule has 12 heteroatoms. The van der Waals surface area contributed by atoms with E-state index in [0.717, 1.165) is 27.8 Å². The number of hydrogen-bond donors (Lipinski definition) is 0. The Morgan fingerprint density at radius 3 is 2.29 bits per heavy atom. The van der Waals surface area contributed by atoms with Crippen LogP contribution >= 0.6 is 35.0 Å². The maximum atomic E-state index is 15.6. The lowest BCUT2D eigenvalue weighted by Crippen LogP contribution is -2.65. The summed E-state index contributed by atoms with van der Waals surface area (Å²) in [6.07, 6.45) is 2.42. The number of allylic oxidation sites excluding steroid dienone is 1. The summed E-state index contributed by atoms with van der Waals surface area (Å²) in [5.74, 6) is -0.317. The van der Waals surface area contributed by atoms with E-state index in [1.165, 1.54) is 34.3 Å². The number of sulfonamides is 1. The predicted octanol–water partition coefficient (Wildman–Crippen LogP) is 8.68. The first kappa shape index (κ1) is 36.8. The van der Waals surface area contributed by atoms with Crippen LogP contribution in [0.25, 0.3) is 0 Å². The second-order valence-corrected chi connectivity index (χ2v) is 17.8. The van der Waals surface area contributed by atoms with Crippen molar-refractivity contribution in [1.29, 1.82) is 0 Å². The van der Waals surface area contributed by atoms with Crippen LogP contribution in [-0.4, -0.2) is 69.6 Å². The van der Waals surface area contributed by atoms with Crippen molar-refractivity contribution < 1.29 is 26.4 Å². The van der Waals surface area contributed by atoms with Crippen LogP contribution in [0.2, 0.25) is 10.0 Å². The Hall–Kier alpha value is -2.47. The Morgan fingerprint density at radius 2 is 1.69 bits per heavy atom. The summed E-state index contributed by atoms with van der Waals surface area (Å²) in [5.41, 5.74) is 2.77. The van der Waals surface area contributed by atoms with E-state index in [0.29, 0.717) is 34.8 Å². The van der Waals surface area contributed by atoms with Crippen LogP contribution in [0.15, 0.2) is 76.3 Å². The number of likely N-dealkylation sites (N-methyl/N-ethyl adjacent to an activating group) is 1. The van der Waals surface area contributed by atoms with Gasteiger partial charge in [0, 0.05) is 34.4 Å². The van der Waals surface area contributed by atoms with E-state index < -0.39 is 21.3 Å². The van der Waals surface area contributed by atoms with Crippen LogP contribution in [-0.2, 0) is 21.2 Å². The first-order valence-electron chi connectivity index (χ1n) is 15.7. The molecule has 0 bridgehead atoms. The first-order valence-corrected chi connectivity index (χ1v) is 18.9. The molecule has 1 fully saturated rings. The average Bonchev–Trinajstić information content (AvgIpc) is 3.14. The van der Waals surface area contributed by atoms with E-state index >= 15 is 4.39 Å². The minimum atomic E-state index is -3.88. The van der Waals surface area contributed by atoms with Crippen molar-refractivity contribution in [3.63, 3.8) is 0 Å². The molecule has 2 aliphatic rings. The van der Waals surface area contributed by atoms with Gasteiger partial charge in [-0.25, -0.2) is 17.2 Å². The van der Waals surface area contributed by atoms with Crippen molar-refractivity contribution in [3.05, 3.63) is 105 Å². The molecule has 2 aliphatic heterocycles. The standard InChI is InChI=1S/C36H42Cl2F2N3O3S2/c1-22-28(23-8-11-25(39)12-9-23)17-35(41-18-30(22)36(2,3)24-10-13-31(37)34(14-24)46-7)47-21-29-32(38)15-27(16-33(29)40)48(44,45)42-19-26(20-42)43(4,5)6/h8-16,18,22,26,28H,17,19-21H2,1-7H3/q+1. The van der Waals surface area contributed by atoms with Gasteiger partial charge in [-0.15, -0.1) is 11.8 Å². The second kappa shape index (κ2) is 14.0. The summed E-state index contributed by atoms with van der Waals surface area (Å²) in [4.78, 5) is 4.77. The lowest BCUT2D eigenvalue weighted by molar-refractivity contribution is -0.900. The Balaban J connectivity index is 1.43. The van der Waals surface area contributed by atoms with Gasteiger partial charge in [-0.1, -0.05) is 62.2 Å². The molecule has 1 saturated heterocycles. The van der Waals surface area contributed by atoms with E-state index in [-0.39, 0.29) is 44.9 Å². The molecular weight excluding hydrogens is 695 g/mol. The minimum Gasteiger partial charge on any atom is -0.495 e. The molecule has 5 rings (SSSR count). The van der Waals surface area contributed by atoms with Crippen molar-refractivity contribution in [1.82, 2.24) is 4.31 Å². The fourth-order valence-electron chi connectivity index (χ4n) is 6.33. The Kier molecular flexibility index (Phi) is 10.8. The van der Waals surface area contributed by atoms with Gasteiger partial charge in [-0.3, -0.25) is 4.99 Å². The zero-order valence-corrected chi connectivity index (χ0v) is 31.4. The largest absolute Gasteiger partial charge is 0.495 e. The normalized spacial score (nSPS) is 19.7. The Morgan fingerprint density at radius 1 is 1.02 bits per heavy atom. The molecule has 0 spiro atoms. The molecule has 0 saturated carbocycles. The predicted molar refractivity (Wildman–Crippen MR) is 193 cm³/mol. The highest BCUT2D eigenvalue weighted by Gasteiger charge is 2.44. The zero-order valence-electron chi connectivity index (χ0n) is 28.2. The van der Waals surface area contributed by atoms with Crippen molar-refractivity contribution in [2.24, 2.45) is 10.9 Å². The van der Waals surface area contributed by atoms with Gasteiger partial charge < -0.3 is 9.22 Å². The smallest absolute Gasteiger partial charge is 0.243 e. The number of benzene rings is 3. The van der Waals surface area contributed by atoms with Gasteiger partial charge in [0.1, 0.15) is 23.4 Å². The Bertz CT molecular complexity index is 1830. The summed E-state index contributed by atoms with van der Waals surface area (Å²) >= 11 is 14.3. The van der Waals surface area contributed by atoms with Gasteiger partial charge in [0.05, 0.1) is 56.3 Å².